The molecule has 3 fully saturated rings. The van der Waals surface area contributed by atoms with Gasteiger partial charge in [0.2, 0.25) is 0 Å². The Hall–Kier alpha value is -2.94. The van der Waals surface area contributed by atoms with E-state index in [2.05, 4.69) is 15.5 Å². The first-order valence-electron chi connectivity index (χ1n) is 10.2. The van der Waals surface area contributed by atoms with Crippen LogP contribution in [-0.4, -0.2) is 65.5 Å². The molecule has 9 heteroatoms. The predicted molar refractivity (Wildman–Crippen MR) is 104 cm³/mol. The first-order chi connectivity index (χ1) is 14.5. The van der Waals surface area contributed by atoms with Crippen LogP contribution >= 0.6 is 0 Å². The number of likely N-dealkylation sites (tertiary alicyclic amines) is 1. The number of carbonyl (C=O) groups is 2. The number of rotatable bonds is 6. The van der Waals surface area contributed by atoms with Gasteiger partial charge in [-0.3, -0.25) is 9.78 Å². The molecule has 4 heterocycles. The lowest BCUT2D eigenvalue weighted by Crippen LogP contribution is -2.52. The van der Waals surface area contributed by atoms with Crippen molar-refractivity contribution in [2.45, 2.75) is 18.9 Å². The lowest BCUT2D eigenvalue weighted by molar-refractivity contribution is -0.171. The molecule has 2 aromatic heterocycles. The topological polar surface area (TPSA) is 107 Å². The van der Waals surface area contributed by atoms with Gasteiger partial charge >= 0.3 is 6.09 Å². The molecule has 1 aliphatic carbocycles. The van der Waals surface area contributed by atoms with Crippen molar-refractivity contribution in [1.29, 1.82) is 0 Å². The number of nitrogens with zero attached hydrogens (tertiary/aromatic N) is 3. The average Bonchev–Trinajstić information content (AvgIpc) is 3.12. The van der Waals surface area contributed by atoms with Crippen LogP contribution in [0.3, 0.4) is 0 Å². The molecule has 1 N–H and O–H groups in total. The smallest absolute Gasteiger partial charge is 0.410 e. The highest BCUT2D eigenvalue weighted by Crippen LogP contribution is 2.53. The minimum absolute atomic E-state index is 0.240. The molecule has 3 atom stereocenters. The number of hydrogen-bond donors (Lipinski definition) is 1. The monoisotopic (exact) mass is 412 g/mol. The molecule has 9 nitrogen and oxygen atoms in total. The lowest BCUT2D eigenvalue weighted by Gasteiger charge is -2.38. The maximum Gasteiger partial charge on any atom is 0.410 e. The molecule has 0 bridgehead atoms. The van der Waals surface area contributed by atoms with E-state index >= 15 is 0 Å². The van der Waals surface area contributed by atoms with Gasteiger partial charge in [-0.05, 0) is 43.2 Å². The van der Waals surface area contributed by atoms with Gasteiger partial charge in [0.1, 0.15) is 0 Å². The van der Waals surface area contributed by atoms with Gasteiger partial charge < -0.3 is 24.2 Å². The number of aromatic nitrogens is 2. The van der Waals surface area contributed by atoms with E-state index in [9.17, 15) is 9.59 Å². The molecule has 1 saturated carbocycles. The average molecular weight is 412 g/mol. The van der Waals surface area contributed by atoms with Gasteiger partial charge in [0.25, 0.3) is 5.91 Å². The van der Waals surface area contributed by atoms with Crippen LogP contribution in [0, 0.1) is 17.8 Å². The summed E-state index contributed by atoms with van der Waals surface area (Å²) in [5, 5.41) is 6.76. The standard InChI is InChI=1S/C21H24N4O5/c1-21(11-28-12-21)29-20(27)25-9-15-14(16(15)10-25)4-6-23-19(26)17-7-18(30-24-17)13-3-2-5-22-8-13/h2-3,5,7-8,14-16H,4,6,9-12H2,1H3,(H,23,26)/t14-,15-,16+. The van der Waals surface area contributed by atoms with Crippen LogP contribution in [0.25, 0.3) is 11.3 Å². The minimum atomic E-state index is -0.467. The van der Waals surface area contributed by atoms with Crippen LogP contribution in [-0.2, 0) is 9.47 Å². The van der Waals surface area contributed by atoms with E-state index in [0.29, 0.717) is 43.3 Å². The fourth-order valence-corrected chi connectivity index (χ4v) is 4.42. The number of pyridine rings is 1. The maximum atomic E-state index is 12.3. The SMILES string of the molecule is CC1(OC(=O)N2C[C@@H]3[C@@H](CCNC(=O)c4cc(-c5cccnc5)on4)[C@@H]3C2)COC1. The molecule has 2 amide bonds. The van der Waals surface area contributed by atoms with Crippen molar-refractivity contribution in [2.24, 2.45) is 17.8 Å². The molecule has 2 aliphatic heterocycles. The summed E-state index contributed by atoms with van der Waals surface area (Å²) in [5.41, 5.74) is 0.565. The number of hydrogen-bond acceptors (Lipinski definition) is 7. The van der Waals surface area contributed by atoms with Crippen LogP contribution in [0.5, 0.6) is 0 Å². The third kappa shape index (κ3) is 3.65. The number of nitrogens with one attached hydrogen (secondary N) is 1. The van der Waals surface area contributed by atoms with Gasteiger partial charge in [0, 0.05) is 43.7 Å². The zero-order valence-electron chi connectivity index (χ0n) is 16.7. The van der Waals surface area contributed by atoms with E-state index in [4.69, 9.17) is 14.0 Å². The highest BCUT2D eigenvalue weighted by molar-refractivity contribution is 5.93. The summed E-state index contributed by atoms with van der Waals surface area (Å²) >= 11 is 0. The van der Waals surface area contributed by atoms with Crippen LogP contribution in [0.1, 0.15) is 23.8 Å². The second kappa shape index (κ2) is 7.39. The summed E-state index contributed by atoms with van der Waals surface area (Å²) in [6.45, 7) is 4.87. The first-order valence-corrected chi connectivity index (χ1v) is 10.2. The van der Waals surface area contributed by atoms with Crippen LogP contribution in [0.15, 0.2) is 35.1 Å². The van der Waals surface area contributed by atoms with Crippen molar-refractivity contribution in [3.8, 4) is 11.3 Å². The number of ether oxygens (including phenoxy) is 2. The van der Waals surface area contributed by atoms with Crippen molar-refractivity contribution >= 4 is 12.0 Å². The lowest BCUT2D eigenvalue weighted by atomic mass is 10.1. The van der Waals surface area contributed by atoms with Crippen LogP contribution in [0.4, 0.5) is 4.79 Å². The molecule has 158 valence electrons. The van der Waals surface area contributed by atoms with E-state index in [0.717, 1.165) is 25.1 Å². The summed E-state index contributed by atoms with van der Waals surface area (Å²) in [6.07, 6.45) is 3.98. The molecule has 0 radical (unpaired) electrons. The quantitative estimate of drug-likeness (QED) is 0.773. The predicted octanol–water partition coefficient (Wildman–Crippen LogP) is 1.96. The minimum Gasteiger partial charge on any atom is -0.438 e. The Labute approximate surface area is 173 Å². The maximum absolute atomic E-state index is 12.3. The third-order valence-electron chi connectivity index (χ3n) is 6.23. The fourth-order valence-electron chi connectivity index (χ4n) is 4.42. The van der Waals surface area contributed by atoms with Gasteiger partial charge in [-0.1, -0.05) is 5.16 Å². The molecule has 5 rings (SSSR count). The van der Waals surface area contributed by atoms with E-state index < -0.39 is 5.60 Å². The van der Waals surface area contributed by atoms with Gasteiger partial charge in [-0.15, -0.1) is 0 Å². The van der Waals surface area contributed by atoms with Crippen molar-refractivity contribution in [1.82, 2.24) is 20.4 Å². The largest absolute Gasteiger partial charge is 0.438 e. The number of piperidine rings is 1. The van der Waals surface area contributed by atoms with Crippen molar-refractivity contribution in [3.05, 3.63) is 36.3 Å². The normalized spacial score (nSPS) is 25.9. The molecular formula is C21H24N4O5. The van der Waals surface area contributed by atoms with Crippen molar-refractivity contribution in [3.63, 3.8) is 0 Å². The molecule has 2 aromatic rings. The summed E-state index contributed by atoms with van der Waals surface area (Å²) < 4.78 is 15.9. The molecule has 3 aliphatic rings. The summed E-state index contributed by atoms with van der Waals surface area (Å²) in [4.78, 5) is 30.4. The van der Waals surface area contributed by atoms with Crippen molar-refractivity contribution in [2.75, 3.05) is 32.8 Å². The van der Waals surface area contributed by atoms with Gasteiger partial charge in [-0.25, -0.2) is 4.79 Å². The van der Waals surface area contributed by atoms with E-state index in [1.807, 2.05) is 13.0 Å². The van der Waals surface area contributed by atoms with E-state index in [1.54, 1.807) is 29.4 Å². The molecular weight excluding hydrogens is 388 g/mol. The molecule has 0 aromatic carbocycles. The molecule has 0 spiro atoms. The zero-order valence-corrected chi connectivity index (χ0v) is 16.7. The number of amides is 2. The highest BCUT2D eigenvalue weighted by Gasteiger charge is 2.56. The van der Waals surface area contributed by atoms with Gasteiger partial charge in [0.05, 0.1) is 13.2 Å². The summed E-state index contributed by atoms with van der Waals surface area (Å²) in [6, 6.07) is 5.27. The molecule has 0 unspecified atom stereocenters. The van der Waals surface area contributed by atoms with Crippen molar-refractivity contribution < 1.29 is 23.6 Å². The number of carbonyl (C=O) groups excluding carboxylic acids is 2. The Morgan fingerprint density at radius 1 is 1.33 bits per heavy atom. The molecule has 30 heavy (non-hydrogen) atoms. The highest BCUT2D eigenvalue weighted by atomic mass is 16.6. The van der Waals surface area contributed by atoms with E-state index in [1.165, 1.54) is 0 Å². The first kappa shape index (κ1) is 19.0. The Kier molecular flexibility index (Phi) is 4.69. The summed E-state index contributed by atoms with van der Waals surface area (Å²) in [7, 11) is 0. The second-order valence-corrected chi connectivity index (χ2v) is 8.57. The molecule has 2 saturated heterocycles. The third-order valence-corrected chi connectivity index (χ3v) is 6.23. The fraction of sp³-hybridized carbons (Fsp3) is 0.524. The van der Waals surface area contributed by atoms with E-state index in [-0.39, 0.29) is 17.7 Å². The Morgan fingerprint density at radius 3 is 2.80 bits per heavy atom. The Morgan fingerprint density at radius 2 is 2.13 bits per heavy atom. The second-order valence-electron chi connectivity index (χ2n) is 8.57. The zero-order chi connectivity index (χ0) is 20.7. The Bertz CT molecular complexity index is 930. The summed E-state index contributed by atoms with van der Waals surface area (Å²) in [5.74, 6) is 1.81. The van der Waals surface area contributed by atoms with Gasteiger partial charge in [0.15, 0.2) is 17.1 Å². The van der Waals surface area contributed by atoms with Gasteiger partial charge in [-0.2, -0.15) is 0 Å². The Balaban J connectivity index is 1.04. The van der Waals surface area contributed by atoms with Crippen LogP contribution < -0.4 is 5.32 Å². The number of fused-ring (bicyclic) bond motifs is 1. The van der Waals surface area contributed by atoms with Crippen LogP contribution in [0.2, 0.25) is 0 Å².